The van der Waals surface area contributed by atoms with Crippen LogP contribution in [0.1, 0.15) is 0 Å². The lowest BCUT2D eigenvalue weighted by Gasteiger charge is -2.21. The number of hydrogen-bond acceptors (Lipinski definition) is 1. The summed E-state index contributed by atoms with van der Waals surface area (Å²) in [7, 11) is -3.13. The van der Waals surface area contributed by atoms with Gasteiger partial charge in [-0.15, -0.1) is 0 Å². The molecule has 0 N–H and O–H groups in total. The maximum absolute atomic E-state index is 15.7. The van der Waals surface area contributed by atoms with E-state index < -0.39 is 7.14 Å². The van der Waals surface area contributed by atoms with Crippen molar-refractivity contribution in [3.8, 4) is 39.1 Å². The van der Waals surface area contributed by atoms with Gasteiger partial charge in [0.15, 0.2) is 7.14 Å². The lowest BCUT2D eigenvalue weighted by molar-refractivity contribution is 0.593. The molecular formula is C58H36NOP. The summed E-state index contributed by atoms with van der Waals surface area (Å²) in [6, 6.07) is 78.5. The van der Waals surface area contributed by atoms with Crippen molar-refractivity contribution < 1.29 is 4.57 Å². The zero-order chi connectivity index (χ0) is 40.2. The minimum Gasteiger partial charge on any atom is -0.309 e. The zero-order valence-electron chi connectivity index (χ0n) is 33.1. The summed E-state index contributed by atoms with van der Waals surface area (Å²) in [5, 5.41) is 14.7. The van der Waals surface area contributed by atoms with E-state index in [2.05, 4.69) is 187 Å². The fourth-order valence-corrected chi connectivity index (χ4v) is 13.6. The molecule has 0 radical (unpaired) electrons. The van der Waals surface area contributed by atoms with Gasteiger partial charge in [0.1, 0.15) is 0 Å². The predicted molar refractivity (Wildman–Crippen MR) is 260 cm³/mol. The molecule has 13 rings (SSSR count). The zero-order valence-corrected chi connectivity index (χ0v) is 34.0. The summed E-state index contributed by atoms with van der Waals surface area (Å²) in [6.07, 6.45) is 0. The highest BCUT2D eigenvalue weighted by atomic mass is 31.2. The van der Waals surface area contributed by atoms with Gasteiger partial charge >= 0.3 is 0 Å². The van der Waals surface area contributed by atoms with E-state index in [1.54, 1.807) is 0 Å². The van der Waals surface area contributed by atoms with E-state index in [1.165, 1.54) is 65.3 Å². The van der Waals surface area contributed by atoms with Gasteiger partial charge in [-0.1, -0.05) is 188 Å². The van der Waals surface area contributed by atoms with Gasteiger partial charge in [-0.2, -0.15) is 0 Å². The van der Waals surface area contributed by atoms with Crippen LogP contribution >= 0.6 is 7.14 Å². The molecule has 2 heterocycles. The predicted octanol–water partition coefficient (Wildman–Crippen LogP) is 14.4. The second-order valence-corrected chi connectivity index (χ2v) is 19.0. The molecule has 1 aliphatic heterocycles. The molecule has 1 unspecified atom stereocenters. The van der Waals surface area contributed by atoms with Crippen molar-refractivity contribution in [3.63, 3.8) is 0 Å². The van der Waals surface area contributed by atoms with Crippen LogP contribution in [0, 0.1) is 0 Å². The first-order valence-corrected chi connectivity index (χ1v) is 22.7. The number of para-hydroxylation sites is 1. The van der Waals surface area contributed by atoms with Crippen molar-refractivity contribution in [2.24, 2.45) is 0 Å². The van der Waals surface area contributed by atoms with Gasteiger partial charge in [0, 0.05) is 32.4 Å². The summed E-state index contributed by atoms with van der Waals surface area (Å²) in [6.45, 7) is 0. The minimum atomic E-state index is -3.13. The maximum Gasteiger partial charge on any atom is 0.172 e. The summed E-state index contributed by atoms with van der Waals surface area (Å²) in [4.78, 5) is 0. The highest BCUT2D eigenvalue weighted by Gasteiger charge is 2.40. The van der Waals surface area contributed by atoms with E-state index in [-0.39, 0.29) is 0 Å². The van der Waals surface area contributed by atoms with Gasteiger partial charge < -0.3 is 9.13 Å². The Morgan fingerprint density at radius 1 is 0.311 bits per heavy atom. The Morgan fingerprint density at radius 2 is 0.836 bits per heavy atom. The molecule has 61 heavy (non-hydrogen) atoms. The van der Waals surface area contributed by atoms with Crippen molar-refractivity contribution in [1.29, 1.82) is 0 Å². The molecule has 284 valence electrons. The number of rotatable bonds is 4. The Kier molecular flexibility index (Phi) is 7.32. The van der Waals surface area contributed by atoms with Crippen molar-refractivity contribution in [1.82, 2.24) is 4.57 Å². The lowest BCUT2D eigenvalue weighted by atomic mass is 9.83. The maximum atomic E-state index is 15.7. The fourth-order valence-electron chi connectivity index (χ4n) is 10.6. The van der Waals surface area contributed by atoms with E-state index in [0.717, 1.165) is 54.5 Å². The van der Waals surface area contributed by atoms with Gasteiger partial charge in [-0.05, 0) is 107 Å². The molecule has 1 atom stereocenters. The van der Waals surface area contributed by atoms with Crippen LogP contribution in [0.15, 0.2) is 218 Å². The largest absolute Gasteiger partial charge is 0.309 e. The van der Waals surface area contributed by atoms with Gasteiger partial charge in [0.2, 0.25) is 0 Å². The first-order chi connectivity index (χ1) is 30.2. The molecule has 0 saturated carbocycles. The number of aromatic nitrogens is 1. The third-order valence-electron chi connectivity index (χ3n) is 13.2. The minimum absolute atomic E-state index is 0.869. The van der Waals surface area contributed by atoms with E-state index in [0.29, 0.717) is 0 Å². The third-order valence-corrected chi connectivity index (χ3v) is 16.3. The molecule has 1 aliphatic rings. The SMILES string of the molecule is O=P1(c2ccccc2)c2ccccc2-c2cc3c(cc21)c1ccccc1n3-c1ccc2c(-c3cccc4ccccc34)c3ccccc3c(-c3cccc4ccccc34)c2c1. The second kappa shape index (κ2) is 13.0. The first-order valence-electron chi connectivity index (χ1n) is 21.0. The summed E-state index contributed by atoms with van der Waals surface area (Å²) < 4.78 is 18.1. The average molecular weight is 794 g/mol. The smallest absolute Gasteiger partial charge is 0.172 e. The van der Waals surface area contributed by atoms with Crippen LogP contribution in [0.5, 0.6) is 0 Å². The molecule has 3 heteroatoms. The van der Waals surface area contributed by atoms with Crippen LogP contribution in [0.4, 0.5) is 0 Å². The molecule has 0 amide bonds. The highest BCUT2D eigenvalue weighted by Crippen LogP contribution is 2.54. The summed E-state index contributed by atoms with van der Waals surface area (Å²) in [5.74, 6) is 0. The third kappa shape index (κ3) is 4.83. The van der Waals surface area contributed by atoms with Crippen LogP contribution < -0.4 is 15.9 Å². The summed E-state index contributed by atoms with van der Waals surface area (Å²) in [5.41, 5.74) is 10.3. The standard InChI is InChI=1S/C58H36NOP/c60-61(40-20-2-1-3-21-40)55-31-13-11-25-44(55)51-35-54-50(36-56(51)61)43-24-10-12-30-53(43)59(54)39-32-33-49-52(34-39)58(46-29-15-19-38-17-5-7-23-42(38)46)48-27-9-8-26-47(48)57(49)45-28-14-18-37-16-4-6-22-41(37)45/h1-36H. The van der Waals surface area contributed by atoms with Crippen molar-refractivity contribution in [2.45, 2.75) is 0 Å². The molecule has 0 bridgehead atoms. The highest BCUT2D eigenvalue weighted by molar-refractivity contribution is 7.86. The van der Waals surface area contributed by atoms with E-state index in [4.69, 9.17) is 0 Å². The van der Waals surface area contributed by atoms with Crippen molar-refractivity contribution >= 4 is 88.0 Å². The van der Waals surface area contributed by atoms with Crippen LogP contribution in [0.25, 0.3) is 104 Å². The van der Waals surface area contributed by atoms with Crippen LogP contribution in [-0.2, 0) is 4.57 Å². The molecule has 0 spiro atoms. The Hall–Kier alpha value is -7.51. The molecule has 2 nitrogen and oxygen atoms in total. The molecular weight excluding hydrogens is 758 g/mol. The normalized spacial score (nSPS) is 14.7. The van der Waals surface area contributed by atoms with Crippen molar-refractivity contribution in [3.05, 3.63) is 218 Å². The number of benzene rings is 11. The van der Waals surface area contributed by atoms with Crippen LogP contribution in [0.2, 0.25) is 0 Å². The molecule has 0 aliphatic carbocycles. The van der Waals surface area contributed by atoms with Gasteiger partial charge in [-0.3, -0.25) is 0 Å². The first kappa shape index (κ1) is 34.4. The Morgan fingerprint density at radius 3 is 1.54 bits per heavy atom. The molecule has 11 aromatic carbocycles. The van der Waals surface area contributed by atoms with Gasteiger partial charge in [0.25, 0.3) is 0 Å². The quantitative estimate of drug-likeness (QED) is 0.128. The summed E-state index contributed by atoms with van der Waals surface area (Å²) >= 11 is 0. The van der Waals surface area contributed by atoms with Gasteiger partial charge in [-0.25, -0.2) is 0 Å². The van der Waals surface area contributed by atoms with Crippen LogP contribution in [0.3, 0.4) is 0 Å². The molecule has 0 saturated heterocycles. The number of nitrogens with zero attached hydrogens (tertiary/aromatic N) is 1. The van der Waals surface area contributed by atoms with E-state index >= 15 is 4.57 Å². The number of fused-ring (bicyclic) bond motifs is 10. The van der Waals surface area contributed by atoms with E-state index in [9.17, 15) is 0 Å². The average Bonchev–Trinajstić information content (AvgIpc) is 3.78. The lowest BCUT2D eigenvalue weighted by Crippen LogP contribution is -2.20. The topological polar surface area (TPSA) is 22.0 Å². The van der Waals surface area contributed by atoms with Gasteiger partial charge in [0.05, 0.1) is 11.0 Å². The molecule has 0 fully saturated rings. The fraction of sp³-hybridized carbons (Fsp3) is 0. The Balaban J connectivity index is 1.16. The van der Waals surface area contributed by atoms with Crippen LogP contribution in [-0.4, -0.2) is 4.57 Å². The molecule has 12 aromatic rings. The van der Waals surface area contributed by atoms with E-state index in [1.807, 2.05) is 36.4 Å². The molecule has 1 aromatic heterocycles. The monoisotopic (exact) mass is 793 g/mol. The second-order valence-electron chi connectivity index (χ2n) is 16.3. The Labute approximate surface area is 353 Å². The van der Waals surface area contributed by atoms with Crippen molar-refractivity contribution in [2.75, 3.05) is 0 Å². The Bertz CT molecular complexity index is 3850. The number of hydrogen-bond donors (Lipinski definition) is 0.